The van der Waals surface area contributed by atoms with E-state index in [-0.39, 0.29) is 4.90 Å². The standard InChI is InChI=1S/C13H18F3NO2S/c1-3-11(4-2)17(10-13(14,15)16)20(18,19)12-8-6-5-7-9-12/h5-9,11H,3-4,10H2,1-2H3. The van der Waals surface area contributed by atoms with E-state index < -0.39 is 28.8 Å². The van der Waals surface area contributed by atoms with Crippen LogP contribution in [0.15, 0.2) is 35.2 Å². The Hall–Kier alpha value is -1.08. The Kier molecular flexibility index (Phi) is 5.59. The van der Waals surface area contributed by atoms with E-state index in [4.69, 9.17) is 0 Å². The second-order valence-corrected chi connectivity index (χ2v) is 6.34. The predicted octanol–water partition coefficient (Wildman–Crippen LogP) is 3.43. The molecule has 114 valence electrons. The predicted molar refractivity (Wildman–Crippen MR) is 70.8 cm³/mol. The van der Waals surface area contributed by atoms with Crippen LogP contribution in [0, 0.1) is 0 Å². The van der Waals surface area contributed by atoms with Crippen LogP contribution in [0.4, 0.5) is 13.2 Å². The Morgan fingerprint density at radius 2 is 1.60 bits per heavy atom. The van der Waals surface area contributed by atoms with Crippen molar-refractivity contribution < 1.29 is 21.6 Å². The second kappa shape index (κ2) is 6.58. The van der Waals surface area contributed by atoms with Crippen molar-refractivity contribution in [3.63, 3.8) is 0 Å². The molecule has 0 saturated carbocycles. The molecule has 20 heavy (non-hydrogen) atoms. The first kappa shape index (κ1) is 17.0. The molecule has 0 N–H and O–H groups in total. The molecule has 0 heterocycles. The maximum atomic E-state index is 12.7. The van der Waals surface area contributed by atoms with Gasteiger partial charge in [0.2, 0.25) is 10.0 Å². The number of alkyl halides is 3. The molecule has 0 aliphatic carbocycles. The third-order valence-electron chi connectivity index (χ3n) is 3.03. The van der Waals surface area contributed by atoms with Crippen molar-refractivity contribution in [1.29, 1.82) is 0 Å². The van der Waals surface area contributed by atoms with Crippen molar-refractivity contribution in [3.8, 4) is 0 Å². The van der Waals surface area contributed by atoms with E-state index in [0.29, 0.717) is 17.1 Å². The van der Waals surface area contributed by atoms with Crippen molar-refractivity contribution in [2.24, 2.45) is 0 Å². The topological polar surface area (TPSA) is 37.4 Å². The van der Waals surface area contributed by atoms with Crippen LogP contribution in [-0.2, 0) is 10.0 Å². The highest BCUT2D eigenvalue weighted by Gasteiger charge is 2.39. The molecule has 7 heteroatoms. The first-order valence-corrected chi connectivity index (χ1v) is 7.80. The summed E-state index contributed by atoms with van der Waals surface area (Å²) in [7, 11) is -4.14. The van der Waals surface area contributed by atoms with Crippen LogP contribution < -0.4 is 0 Å². The van der Waals surface area contributed by atoms with Crippen LogP contribution in [0.25, 0.3) is 0 Å². The monoisotopic (exact) mass is 309 g/mol. The minimum Gasteiger partial charge on any atom is -0.207 e. The average molecular weight is 309 g/mol. The summed E-state index contributed by atoms with van der Waals surface area (Å²) in [5.41, 5.74) is 0. The molecule has 0 aliphatic heterocycles. The SMILES string of the molecule is CCC(CC)N(CC(F)(F)F)S(=O)(=O)c1ccccc1. The molecule has 0 amide bonds. The summed E-state index contributed by atoms with van der Waals surface area (Å²) in [5, 5.41) is 0. The largest absolute Gasteiger partial charge is 0.402 e. The second-order valence-electron chi connectivity index (χ2n) is 4.45. The Morgan fingerprint density at radius 1 is 1.10 bits per heavy atom. The smallest absolute Gasteiger partial charge is 0.207 e. The lowest BCUT2D eigenvalue weighted by atomic mass is 10.2. The summed E-state index contributed by atoms with van der Waals surface area (Å²) < 4.78 is 63.4. The first-order chi connectivity index (χ1) is 9.22. The fraction of sp³-hybridized carbons (Fsp3) is 0.538. The Balaban J connectivity index is 3.22. The van der Waals surface area contributed by atoms with Crippen molar-refractivity contribution in [3.05, 3.63) is 30.3 Å². The third kappa shape index (κ3) is 4.21. The van der Waals surface area contributed by atoms with Gasteiger partial charge in [0.1, 0.15) is 6.54 Å². The van der Waals surface area contributed by atoms with Crippen LogP contribution in [-0.4, -0.2) is 31.5 Å². The van der Waals surface area contributed by atoms with Gasteiger partial charge in [-0.3, -0.25) is 0 Å². The maximum Gasteiger partial charge on any atom is 0.402 e. The minimum atomic E-state index is -4.57. The summed E-state index contributed by atoms with van der Waals surface area (Å²) in [5.74, 6) is 0. The minimum absolute atomic E-state index is 0.115. The molecule has 1 aromatic carbocycles. The normalized spacial score (nSPS) is 13.2. The van der Waals surface area contributed by atoms with Gasteiger partial charge in [-0.2, -0.15) is 17.5 Å². The van der Waals surface area contributed by atoms with Crippen molar-refractivity contribution in [2.45, 2.75) is 43.8 Å². The van der Waals surface area contributed by atoms with Gasteiger partial charge >= 0.3 is 6.18 Å². The van der Waals surface area contributed by atoms with Crippen molar-refractivity contribution >= 4 is 10.0 Å². The zero-order valence-corrected chi connectivity index (χ0v) is 12.2. The fourth-order valence-corrected chi connectivity index (χ4v) is 3.79. The van der Waals surface area contributed by atoms with E-state index >= 15 is 0 Å². The van der Waals surface area contributed by atoms with Gasteiger partial charge in [0.15, 0.2) is 0 Å². The van der Waals surface area contributed by atoms with Crippen LogP contribution in [0.3, 0.4) is 0 Å². The highest BCUT2D eigenvalue weighted by molar-refractivity contribution is 7.89. The van der Waals surface area contributed by atoms with E-state index in [0.717, 1.165) is 0 Å². The molecule has 0 aliphatic rings. The zero-order valence-electron chi connectivity index (χ0n) is 11.4. The molecule has 0 fully saturated rings. The van der Waals surface area contributed by atoms with Crippen LogP contribution in [0.2, 0.25) is 0 Å². The van der Waals surface area contributed by atoms with Gasteiger partial charge in [-0.15, -0.1) is 0 Å². The van der Waals surface area contributed by atoms with Gasteiger partial charge in [0, 0.05) is 6.04 Å². The van der Waals surface area contributed by atoms with E-state index in [1.54, 1.807) is 19.9 Å². The number of hydrogen-bond acceptors (Lipinski definition) is 2. The molecular formula is C13H18F3NO2S. The van der Waals surface area contributed by atoms with Gasteiger partial charge in [0.05, 0.1) is 4.90 Å². The Labute approximate surface area is 117 Å². The average Bonchev–Trinajstić information content (AvgIpc) is 2.38. The zero-order chi connectivity index (χ0) is 15.4. The molecule has 1 aromatic rings. The lowest BCUT2D eigenvalue weighted by Gasteiger charge is -2.30. The van der Waals surface area contributed by atoms with E-state index in [1.807, 2.05) is 0 Å². The number of halogens is 3. The summed E-state index contributed by atoms with van der Waals surface area (Å²) in [6.07, 6.45) is -3.90. The van der Waals surface area contributed by atoms with Crippen molar-refractivity contribution in [2.75, 3.05) is 6.54 Å². The molecule has 0 spiro atoms. The molecule has 0 atom stereocenters. The van der Waals surface area contributed by atoms with E-state index in [9.17, 15) is 21.6 Å². The number of benzene rings is 1. The molecule has 0 bridgehead atoms. The lowest BCUT2D eigenvalue weighted by Crippen LogP contribution is -2.45. The number of hydrogen-bond donors (Lipinski definition) is 0. The Bertz CT molecular complexity index is 510. The summed E-state index contributed by atoms with van der Waals surface area (Å²) >= 11 is 0. The lowest BCUT2D eigenvalue weighted by molar-refractivity contribution is -0.139. The van der Waals surface area contributed by atoms with E-state index in [1.165, 1.54) is 24.3 Å². The molecule has 0 saturated heterocycles. The number of rotatable bonds is 6. The highest BCUT2D eigenvalue weighted by atomic mass is 32.2. The van der Waals surface area contributed by atoms with Crippen LogP contribution in [0.1, 0.15) is 26.7 Å². The van der Waals surface area contributed by atoms with E-state index in [2.05, 4.69) is 0 Å². The van der Waals surface area contributed by atoms with Gasteiger partial charge in [-0.05, 0) is 25.0 Å². The Morgan fingerprint density at radius 3 is 2.00 bits per heavy atom. The third-order valence-corrected chi connectivity index (χ3v) is 4.95. The van der Waals surface area contributed by atoms with Crippen molar-refractivity contribution in [1.82, 2.24) is 4.31 Å². The first-order valence-electron chi connectivity index (χ1n) is 6.36. The molecule has 0 aromatic heterocycles. The molecule has 0 radical (unpaired) electrons. The number of sulfonamides is 1. The molecule has 1 rings (SSSR count). The molecular weight excluding hydrogens is 291 g/mol. The van der Waals surface area contributed by atoms with Gasteiger partial charge < -0.3 is 0 Å². The van der Waals surface area contributed by atoms with Gasteiger partial charge in [-0.25, -0.2) is 8.42 Å². The fourth-order valence-electron chi connectivity index (χ4n) is 2.01. The highest BCUT2D eigenvalue weighted by Crippen LogP contribution is 2.26. The van der Waals surface area contributed by atoms with Crippen LogP contribution in [0.5, 0.6) is 0 Å². The maximum absolute atomic E-state index is 12.7. The number of nitrogens with zero attached hydrogens (tertiary/aromatic N) is 1. The van der Waals surface area contributed by atoms with Gasteiger partial charge in [0.25, 0.3) is 0 Å². The van der Waals surface area contributed by atoms with Crippen LogP contribution >= 0.6 is 0 Å². The summed E-state index contributed by atoms with van der Waals surface area (Å²) in [6, 6.07) is 6.55. The summed E-state index contributed by atoms with van der Waals surface area (Å²) in [4.78, 5) is -0.115. The molecule has 0 unspecified atom stereocenters. The summed E-state index contributed by atoms with van der Waals surface area (Å²) in [6.45, 7) is 1.90. The molecule has 3 nitrogen and oxygen atoms in total. The van der Waals surface area contributed by atoms with Gasteiger partial charge in [-0.1, -0.05) is 32.0 Å². The quantitative estimate of drug-likeness (QED) is 0.807.